The van der Waals surface area contributed by atoms with Crippen LogP contribution in [0.25, 0.3) is 12.2 Å². The molecule has 1 aliphatic carbocycles. The minimum atomic E-state index is -0.00935. The lowest BCUT2D eigenvalue weighted by atomic mass is 10.1. The highest BCUT2D eigenvalue weighted by Crippen LogP contribution is 2.22. The second kappa shape index (κ2) is 3.72. The Hall–Kier alpha value is -1.67. The van der Waals surface area contributed by atoms with Crippen molar-refractivity contribution >= 4 is 30.0 Å². The van der Waals surface area contributed by atoms with Gasteiger partial charge in [0.1, 0.15) is 0 Å². The molecule has 0 N–H and O–H groups in total. The summed E-state index contributed by atoms with van der Waals surface area (Å²) in [5.41, 5.74) is 1.03. The highest BCUT2D eigenvalue weighted by molar-refractivity contribution is 6.34. The van der Waals surface area contributed by atoms with Gasteiger partial charge >= 0.3 is 0 Å². The molecule has 2 heterocycles. The molecule has 78 valence electrons. The first-order chi connectivity index (χ1) is 7.84. The van der Waals surface area contributed by atoms with Crippen molar-refractivity contribution in [3.05, 3.63) is 51.7 Å². The third-order valence-corrected chi connectivity index (χ3v) is 3.00. The first-order valence-electron chi connectivity index (χ1n) is 5.09. The lowest BCUT2D eigenvalue weighted by Crippen LogP contribution is -2.28. The zero-order valence-electron chi connectivity index (χ0n) is 8.47. The number of aromatic nitrogens is 1. The molecule has 0 spiro atoms. The quantitative estimate of drug-likeness (QED) is 0.654. The standard InChI is InChI=1S/C13H9ClN2/c14-11-7-9-3-1-5-15-12(9)8-13-10(11)4-2-6-16-13/h1-8,13H. The van der Waals surface area contributed by atoms with E-state index in [2.05, 4.69) is 9.98 Å². The molecule has 0 saturated heterocycles. The third-order valence-electron chi connectivity index (χ3n) is 2.67. The van der Waals surface area contributed by atoms with Crippen LogP contribution in [0.3, 0.4) is 0 Å². The minimum Gasteiger partial charge on any atom is -0.281 e. The average molecular weight is 229 g/mol. The van der Waals surface area contributed by atoms with Crippen molar-refractivity contribution in [2.75, 3.05) is 0 Å². The van der Waals surface area contributed by atoms with Crippen molar-refractivity contribution in [2.24, 2.45) is 4.99 Å². The number of rotatable bonds is 0. The topological polar surface area (TPSA) is 25.2 Å². The Morgan fingerprint density at radius 1 is 1.31 bits per heavy atom. The van der Waals surface area contributed by atoms with Crippen molar-refractivity contribution < 1.29 is 0 Å². The molecule has 1 aromatic rings. The molecular weight excluding hydrogens is 220 g/mol. The number of nitrogens with zero attached hydrogens (tertiary/aromatic N) is 2. The molecular formula is C13H9ClN2. The SMILES string of the molecule is ClC1=C2C=CC=NC2C=c2ncccc2=C1. The number of aliphatic imine (C=N–C) groups is 1. The van der Waals surface area contributed by atoms with Gasteiger partial charge in [0, 0.05) is 22.7 Å². The summed E-state index contributed by atoms with van der Waals surface area (Å²) in [4.78, 5) is 8.73. The van der Waals surface area contributed by atoms with Gasteiger partial charge < -0.3 is 0 Å². The van der Waals surface area contributed by atoms with Crippen LogP contribution in [0.15, 0.2) is 46.1 Å². The van der Waals surface area contributed by atoms with Gasteiger partial charge in [-0.05, 0) is 29.9 Å². The lowest BCUT2D eigenvalue weighted by molar-refractivity contribution is 1.02. The Morgan fingerprint density at radius 3 is 3.19 bits per heavy atom. The predicted octanol–water partition coefficient (Wildman–Crippen LogP) is 1.16. The van der Waals surface area contributed by atoms with Crippen LogP contribution in [0.5, 0.6) is 0 Å². The van der Waals surface area contributed by atoms with Crippen LogP contribution in [-0.2, 0) is 0 Å². The van der Waals surface area contributed by atoms with Crippen molar-refractivity contribution in [3.8, 4) is 0 Å². The van der Waals surface area contributed by atoms with Crippen molar-refractivity contribution in [3.63, 3.8) is 0 Å². The maximum absolute atomic E-state index is 6.27. The second-order valence-corrected chi connectivity index (χ2v) is 4.10. The zero-order chi connectivity index (χ0) is 11.0. The van der Waals surface area contributed by atoms with Gasteiger partial charge in [-0.3, -0.25) is 9.98 Å². The molecule has 0 amide bonds. The average Bonchev–Trinajstić information content (AvgIpc) is 2.45. The van der Waals surface area contributed by atoms with E-state index in [0.29, 0.717) is 0 Å². The van der Waals surface area contributed by atoms with E-state index in [1.165, 1.54) is 0 Å². The first kappa shape index (κ1) is 9.55. The summed E-state index contributed by atoms with van der Waals surface area (Å²) in [5, 5.41) is 2.72. The summed E-state index contributed by atoms with van der Waals surface area (Å²) in [6, 6.07) is 3.91. The lowest BCUT2D eigenvalue weighted by Gasteiger charge is -2.11. The number of fused-ring (bicyclic) bond motifs is 2. The highest BCUT2D eigenvalue weighted by atomic mass is 35.5. The van der Waals surface area contributed by atoms with Gasteiger partial charge in [0.2, 0.25) is 0 Å². The Labute approximate surface area is 98.0 Å². The Kier molecular flexibility index (Phi) is 2.22. The number of halogens is 1. The van der Waals surface area contributed by atoms with Crippen LogP contribution in [0.2, 0.25) is 0 Å². The molecule has 1 aliphatic heterocycles. The highest BCUT2D eigenvalue weighted by Gasteiger charge is 2.15. The van der Waals surface area contributed by atoms with Gasteiger partial charge in [0.25, 0.3) is 0 Å². The largest absolute Gasteiger partial charge is 0.281 e. The smallest absolute Gasteiger partial charge is 0.0968 e. The van der Waals surface area contributed by atoms with Crippen LogP contribution in [-0.4, -0.2) is 17.2 Å². The maximum atomic E-state index is 6.27. The molecule has 16 heavy (non-hydrogen) atoms. The summed E-state index contributed by atoms with van der Waals surface area (Å²) in [6.45, 7) is 0. The fourth-order valence-electron chi connectivity index (χ4n) is 1.88. The molecule has 0 fully saturated rings. The van der Waals surface area contributed by atoms with Gasteiger partial charge in [0.15, 0.2) is 0 Å². The normalized spacial score (nSPS) is 21.7. The van der Waals surface area contributed by atoms with Crippen LogP contribution in [0.4, 0.5) is 0 Å². The number of dihydropyridines is 1. The molecule has 0 saturated carbocycles. The van der Waals surface area contributed by atoms with Crippen LogP contribution >= 0.6 is 11.6 Å². The first-order valence-corrected chi connectivity index (χ1v) is 5.46. The fourth-order valence-corrected chi connectivity index (χ4v) is 2.17. The number of hydrogen-bond acceptors (Lipinski definition) is 2. The van der Waals surface area contributed by atoms with Crippen LogP contribution in [0.1, 0.15) is 0 Å². The van der Waals surface area contributed by atoms with Gasteiger partial charge in [0.05, 0.1) is 11.4 Å². The molecule has 1 unspecified atom stereocenters. The van der Waals surface area contributed by atoms with Crippen molar-refractivity contribution in [2.45, 2.75) is 6.04 Å². The van der Waals surface area contributed by atoms with Crippen LogP contribution < -0.4 is 10.6 Å². The van der Waals surface area contributed by atoms with Crippen LogP contribution in [0, 0.1) is 0 Å². The van der Waals surface area contributed by atoms with Crippen molar-refractivity contribution in [1.82, 2.24) is 4.98 Å². The molecule has 1 aromatic heterocycles. The molecule has 0 bridgehead atoms. The Bertz CT molecular complexity index is 638. The van der Waals surface area contributed by atoms with Gasteiger partial charge in [-0.1, -0.05) is 23.7 Å². The predicted molar refractivity (Wildman–Crippen MR) is 66.7 cm³/mol. The monoisotopic (exact) mass is 228 g/mol. The minimum absolute atomic E-state index is 0.00935. The summed E-state index contributed by atoms with van der Waals surface area (Å²) in [5.74, 6) is 0. The van der Waals surface area contributed by atoms with Crippen molar-refractivity contribution in [1.29, 1.82) is 0 Å². The molecule has 2 aliphatic rings. The number of allylic oxidation sites excluding steroid dienone is 2. The second-order valence-electron chi connectivity index (χ2n) is 3.69. The van der Waals surface area contributed by atoms with Gasteiger partial charge in [-0.2, -0.15) is 0 Å². The Balaban J connectivity index is 2.34. The third kappa shape index (κ3) is 1.51. The van der Waals surface area contributed by atoms with E-state index in [0.717, 1.165) is 21.2 Å². The maximum Gasteiger partial charge on any atom is 0.0968 e. The molecule has 0 aromatic carbocycles. The molecule has 0 radical (unpaired) electrons. The fraction of sp³-hybridized carbons (Fsp3) is 0.0769. The summed E-state index contributed by atoms with van der Waals surface area (Å²) in [6.07, 6.45) is 11.5. The summed E-state index contributed by atoms with van der Waals surface area (Å²) in [7, 11) is 0. The van der Waals surface area contributed by atoms with E-state index in [1.807, 2.05) is 36.4 Å². The van der Waals surface area contributed by atoms with E-state index in [1.54, 1.807) is 12.4 Å². The summed E-state index contributed by atoms with van der Waals surface area (Å²) >= 11 is 6.27. The van der Waals surface area contributed by atoms with E-state index in [4.69, 9.17) is 11.6 Å². The van der Waals surface area contributed by atoms with Gasteiger partial charge in [-0.15, -0.1) is 0 Å². The molecule has 3 rings (SSSR count). The number of hydrogen-bond donors (Lipinski definition) is 0. The van der Waals surface area contributed by atoms with E-state index >= 15 is 0 Å². The number of pyridine rings is 1. The zero-order valence-corrected chi connectivity index (χ0v) is 9.22. The van der Waals surface area contributed by atoms with E-state index < -0.39 is 0 Å². The molecule has 1 atom stereocenters. The van der Waals surface area contributed by atoms with Gasteiger partial charge in [-0.25, -0.2) is 0 Å². The Morgan fingerprint density at radius 2 is 2.25 bits per heavy atom. The van der Waals surface area contributed by atoms with E-state index in [9.17, 15) is 0 Å². The summed E-state index contributed by atoms with van der Waals surface area (Å²) < 4.78 is 0. The van der Waals surface area contributed by atoms with E-state index in [-0.39, 0.29) is 6.04 Å². The molecule has 3 heteroatoms. The molecule has 2 nitrogen and oxygen atoms in total.